The molecule has 2 N–H and O–H groups in total. The lowest BCUT2D eigenvalue weighted by Crippen LogP contribution is -2.46. The van der Waals surface area contributed by atoms with E-state index in [9.17, 15) is 4.79 Å². The summed E-state index contributed by atoms with van der Waals surface area (Å²) in [4.78, 5) is 14.1. The first-order valence-electron chi connectivity index (χ1n) is 6.39. The molecule has 1 amide bonds. The van der Waals surface area contributed by atoms with Crippen LogP contribution < -0.4 is 10.6 Å². The lowest BCUT2D eigenvalue weighted by molar-refractivity contribution is -0.120. The minimum Gasteiger partial charge on any atom is -0.320 e. The molecule has 3 nitrogen and oxygen atoms in total. The maximum atomic E-state index is 12.3. The van der Waals surface area contributed by atoms with Crippen LogP contribution in [0.5, 0.6) is 0 Å². The standard InChI is InChI=1S/C14H20N2O/c1-2-6-12(15)14(17)16-10-5-8-11-7-3-4-9-13(11)16/h3-4,7,9,12H,2,5-6,8,10,15H2,1H3/t12-/m1/s1. The Labute approximate surface area is 103 Å². The fraction of sp³-hybridized carbons (Fsp3) is 0.500. The van der Waals surface area contributed by atoms with E-state index in [1.165, 1.54) is 5.56 Å². The molecule has 0 radical (unpaired) electrons. The number of rotatable bonds is 3. The van der Waals surface area contributed by atoms with Gasteiger partial charge in [-0.1, -0.05) is 31.5 Å². The van der Waals surface area contributed by atoms with Crippen LogP contribution in [-0.2, 0) is 11.2 Å². The molecule has 0 spiro atoms. The number of carbonyl (C=O) groups excluding carboxylic acids is 1. The Morgan fingerprint density at radius 1 is 1.47 bits per heavy atom. The van der Waals surface area contributed by atoms with Crippen LogP contribution in [0.2, 0.25) is 0 Å². The minimum atomic E-state index is -0.355. The van der Waals surface area contributed by atoms with Crippen LogP contribution in [0.15, 0.2) is 24.3 Å². The minimum absolute atomic E-state index is 0.0685. The molecular formula is C14H20N2O. The van der Waals surface area contributed by atoms with E-state index >= 15 is 0 Å². The van der Waals surface area contributed by atoms with E-state index < -0.39 is 0 Å². The lowest BCUT2D eigenvalue weighted by atomic mass is 10.0. The summed E-state index contributed by atoms with van der Waals surface area (Å²) in [7, 11) is 0. The van der Waals surface area contributed by atoms with Gasteiger partial charge in [0.2, 0.25) is 5.91 Å². The molecule has 17 heavy (non-hydrogen) atoms. The molecule has 1 aliphatic heterocycles. The van der Waals surface area contributed by atoms with E-state index in [1.54, 1.807) is 0 Å². The molecule has 1 heterocycles. The molecule has 0 unspecified atom stereocenters. The maximum absolute atomic E-state index is 12.3. The van der Waals surface area contributed by atoms with Gasteiger partial charge < -0.3 is 10.6 Å². The topological polar surface area (TPSA) is 46.3 Å². The molecule has 0 fully saturated rings. The number of hydrogen-bond donors (Lipinski definition) is 1. The molecule has 1 atom stereocenters. The second-order valence-corrected chi connectivity index (χ2v) is 4.62. The van der Waals surface area contributed by atoms with Crippen molar-refractivity contribution in [3.8, 4) is 0 Å². The van der Waals surface area contributed by atoms with Crippen LogP contribution in [0.4, 0.5) is 5.69 Å². The third-order valence-corrected chi connectivity index (χ3v) is 3.29. The highest BCUT2D eigenvalue weighted by Crippen LogP contribution is 2.27. The van der Waals surface area contributed by atoms with E-state index in [-0.39, 0.29) is 11.9 Å². The Hall–Kier alpha value is -1.35. The van der Waals surface area contributed by atoms with Gasteiger partial charge in [0.1, 0.15) is 0 Å². The fourth-order valence-electron chi connectivity index (χ4n) is 2.40. The highest BCUT2D eigenvalue weighted by molar-refractivity contribution is 5.98. The number of benzene rings is 1. The van der Waals surface area contributed by atoms with Gasteiger partial charge >= 0.3 is 0 Å². The molecule has 0 aliphatic carbocycles. The van der Waals surface area contributed by atoms with Crippen molar-refractivity contribution < 1.29 is 4.79 Å². The maximum Gasteiger partial charge on any atom is 0.243 e. The van der Waals surface area contributed by atoms with Gasteiger partial charge in [-0.2, -0.15) is 0 Å². The number of para-hydroxylation sites is 1. The predicted molar refractivity (Wildman–Crippen MR) is 70.0 cm³/mol. The molecule has 0 aromatic heterocycles. The van der Waals surface area contributed by atoms with Crippen LogP contribution in [-0.4, -0.2) is 18.5 Å². The van der Waals surface area contributed by atoms with Gasteiger partial charge in [0, 0.05) is 12.2 Å². The largest absolute Gasteiger partial charge is 0.320 e. The smallest absolute Gasteiger partial charge is 0.243 e. The average molecular weight is 232 g/mol. The van der Waals surface area contributed by atoms with Crippen molar-refractivity contribution in [2.24, 2.45) is 5.73 Å². The number of fused-ring (bicyclic) bond motifs is 1. The van der Waals surface area contributed by atoms with Gasteiger partial charge in [-0.25, -0.2) is 0 Å². The van der Waals surface area contributed by atoms with Crippen molar-refractivity contribution in [3.05, 3.63) is 29.8 Å². The molecule has 2 rings (SSSR count). The molecule has 92 valence electrons. The molecule has 0 saturated heterocycles. The molecule has 1 aromatic rings. The lowest BCUT2D eigenvalue weighted by Gasteiger charge is -2.31. The quantitative estimate of drug-likeness (QED) is 0.867. The van der Waals surface area contributed by atoms with Crippen LogP contribution in [0.1, 0.15) is 31.7 Å². The summed E-state index contributed by atoms with van der Waals surface area (Å²) >= 11 is 0. The van der Waals surface area contributed by atoms with Gasteiger partial charge in [-0.15, -0.1) is 0 Å². The van der Waals surface area contributed by atoms with E-state index in [0.717, 1.165) is 37.9 Å². The van der Waals surface area contributed by atoms with Gasteiger partial charge in [0.15, 0.2) is 0 Å². The van der Waals surface area contributed by atoms with Crippen molar-refractivity contribution in [2.75, 3.05) is 11.4 Å². The van der Waals surface area contributed by atoms with Crippen molar-refractivity contribution in [3.63, 3.8) is 0 Å². The fourth-order valence-corrected chi connectivity index (χ4v) is 2.40. The number of carbonyl (C=O) groups is 1. The van der Waals surface area contributed by atoms with E-state index in [1.807, 2.05) is 23.1 Å². The number of nitrogens with zero attached hydrogens (tertiary/aromatic N) is 1. The summed E-state index contributed by atoms with van der Waals surface area (Å²) in [5.41, 5.74) is 8.24. The number of hydrogen-bond acceptors (Lipinski definition) is 2. The normalized spacial score (nSPS) is 16.5. The molecule has 0 saturated carbocycles. The molecule has 1 aromatic carbocycles. The third-order valence-electron chi connectivity index (χ3n) is 3.29. The van der Waals surface area contributed by atoms with Crippen LogP contribution in [0.3, 0.4) is 0 Å². The SMILES string of the molecule is CCC[C@@H](N)C(=O)N1CCCc2ccccc21. The first-order chi connectivity index (χ1) is 8.24. The Morgan fingerprint density at radius 2 is 2.24 bits per heavy atom. The zero-order valence-electron chi connectivity index (χ0n) is 10.4. The van der Waals surface area contributed by atoms with E-state index in [0.29, 0.717) is 0 Å². The summed E-state index contributed by atoms with van der Waals surface area (Å²) < 4.78 is 0. The average Bonchev–Trinajstić information content (AvgIpc) is 2.37. The first-order valence-corrected chi connectivity index (χ1v) is 6.39. The zero-order chi connectivity index (χ0) is 12.3. The van der Waals surface area contributed by atoms with Gasteiger partial charge in [0.05, 0.1) is 6.04 Å². The number of nitrogens with two attached hydrogens (primary N) is 1. The van der Waals surface area contributed by atoms with Crippen LogP contribution >= 0.6 is 0 Å². The van der Waals surface area contributed by atoms with E-state index in [4.69, 9.17) is 5.73 Å². The summed E-state index contributed by atoms with van der Waals surface area (Å²) in [6.07, 6.45) is 3.80. The molecule has 3 heteroatoms. The summed E-state index contributed by atoms with van der Waals surface area (Å²) in [6, 6.07) is 7.77. The van der Waals surface area contributed by atoms with Crippen LogP contribution in [0, 0.1) is 0 Å². The van der Waals surface area contributed by atoms with E-state index in [2.05, 4.69) is 13.0 Å². The second kappa shape index (κ2) is 5.32. The van der Waals surface area contributed by atoms with Gasteiger partial charge in [0.25, 0.3) is 0 Å². The van der Waals surface area contributed by atoms with Crippen molar-refractivity contribution in [2.45, 2.75) is 38.6 Å². The monoisotopic (exact) mass is 232 g/mol. The third kappa shape index (κ3) is 2.50. The number of amides is 1. The molecular weight excluding hydrogens is 212 g/mol. The number of aryl methyl sites for hydroxylation is 1. The Bertz CT molecular complexity index is 403. The predicted octanol–water partition coefficient (Wildman–Crippen LogP) is 2.09. The van der Waals surface area contributed by atoms with Crippen molar-refractivity contribution in [1.29, 1.82) is 0 Å². The summed E-state index contributed by atoms with van der Waals surface area (Å²) in [6.45, 7) is 2.85. The summed E-state index contributed by atoms with van der Waals surface area (Å²) in [5.74, 6) is 0.0685. The van der Waals surface area contributed by atoms with Crippen LogP contribution in [0.25, 0.3) is 0 Å². The highest BCUT2D eigenvalue weighted by atomic mass is 16.2. The first kappa shape index (κ1) is 12.1. The number of anilines is 1. The summed E-state index contributed by atoms with van der Waals surface area (Å²) in [5, 5.41) is 0. The zero-order valence-corrected chi connectivity index (χ0v) is 10.4. The Balaban J connectivity index is 2.20. The molecule has 1 aliphatic rings. The molecule has 0 bridgehead atoms. The van der Waals surface area contributed by atoms with Crippen molar-refractivity contribution in [1.82, 2.24) is 0 Å². The Morgan fingerprint density at radius 3 is 3.00 bits per heavy atom. The van der Waals surface area contributed by atoms with Crippen molar-refractivity contribution >= 4 is 11.6 Å². The second-order valence-electron chi connectivity index (χ2n) is 4.62. The Kier molecular flexibility index (Phi) is 3.79. The highest BCUT2D eigenvalue weighted by Gasteiger charge is 2.25. The van der Waals surface area contributed by atoms with Gasteiger partial charge in [-0.3, -0.25) is 4.79 Å². The van der Waals surface area contributed by atoms with Gasteiger partial charge in [-0.05, 0) is 30.9 Å².